The molecule has 1 N–H and O–H groups in total. The Balaban J connectivity index is 1.70. The molecule has 32 heavy (non-hydrogen) atoms. The lowest BCUT2D eigenvalue weighted by Crippen LogP contribution is -2.31. The molecule has 0 aliphatic rings. The van der Waals surface area contributed by atoms with Crippen LogP contribution in [0.2, 0.25) is 10.0 Å². The summed E-state index contributed by atoms with van der Waals surface area (Å²) in [6.45, 7) is 0. The van der Waals surface area contributed by atoms with Crippen molar-refractivity contribution in [1.82, 2.24) is 14.6 Å². The molecule has 0 spiro atoms. The second kappa shape index (κ2) is 8.15. The van der Waals surface area contributed by atoms with Crippen LogP contribution in [-0.2, 0) is 5.60 Å². The van der Waals surface area contributed by atoms with Crippen LogP contribution in [-0.4, -0.2) is 19.7 Å². The van der Waals surface area contributed by atoms with Gasteiger partial charge in [0.1, 0.15) is 0 Å². The summed E-state index contributed by atoms with van der Waals surface area (Å²) in [5.41, 5.74) is -0.208. The fourth-order valence-electron chi connectivity index (χ4n) is 3.55. The Labute approximate surface area is 196 Å². The van der Waals surface area contributed by atoms with E-state index in [1.165, 1.54) is 4.52 Å². The molecule has 3 aromatic carbocycles. The van der Waals surface area contributed by atoms with E-state index >= 15 is 0 Å². The van der Waals surface area contributed by atoms with Gasteiger partial charge in [-0.25, -0.2) is 0 Å². The topological polar surface area (TPSA) is 67.5 Å². The van der Waals surface area contributed by atoms with Gasteiger partial charge in [0.05, 0.1) is 4.53 Å². The van der Waals surface area contributed by atoms with Gasteiger partial charge < -0.3 is 5.11 Å². The lowest BCUT2D eigenvalue weighted by Gasteiger charge is -2.26. The van der Waals surface area contributed by atoms with Crippen molar-refractivity contribution in [1.29, 1.82) is 0 Å². The molecule has 0 aliphatic heterocycles. The first-order chi connectivity index (χ1) is 15.5. The molecule has 5 aromatic rings. The van der Waals surface area contributed by atoms with Gasteiger partial charge in [-0.2, -0.15) is 9.50 Å². The van der Waals surface area contributed by atoms with E-state index in [4.69, 9.17) is 23.2 Å². The van der Waals surface area contributed by atoms with E-state index in [0.29, 0.717) is 36.2 Å². The van der Waals surface area contributed by atoms with Crippen LogP contribution in [0.15, 0.2) is 83.7 Å². The van der Waals surface area contributed by atoms with Crippen molar-refractivity contribution in [2.75, 3.05) is 0 Å². The van der Waals surface area contributed by atoms with Gasteiger partial charge in [-0.05, 0) is 29.3 Å². The van der Waals surface area contributed by atoms with Crippen molar-refractivity contribution in [3.05, 3.63) is 126 Å². The van der Waals surface area contributed by atoms with Gasteiger partial charge in [0.2, 0.25) is 4.96 Å². The summed E-state index contributed by atoms with van der Waals surface area (Å²) in [5, 5.41) is 17.1. The minimum Gasteiger partial charge on any atom is -0.373 e. The van der Waals surface area contributed by atoms with E-state index in [-0.39, 0.29) is 11.4 Å². The molecule has 0 saturated heterocycles. The number of halogens is 2. The monoisotopic (exact) mass is 479 g/mol. The number of aliphatic hydroxyl groups is 1. The standard InChI is InChI=1S/C24H15Cl2N3O2S/c25-18-12-7-13-19(26)17(18)14-20-21(30)29-23(32-20)27-22(28-29)24(31,15-8-3-1-4-9-15)16-10-5-2-6-11-16/h1-14,31H/b20-14-. The Bertz CT molecular complexity index is 1470. The SMILES string of the molecule is O=c1/c(=C/c2c(Cl)cccc2Cl)sc2nc(C(O)(c3ccccc3)c3ccccc3)nn12. The molecule has 0 atom stereocenters. The van der Waals surface area contributed by atoms with Gasteiger partial charge in [-0.1, -0.05) is 101 Å². The number of rotatable bonds is 4. The number of nitrogens with zero attached hydrogens (tertiary/aromatic N) is 3. The van der Waals surface area contributed by atoms with Gasteiger partial charge >= 0.3 is 0 Å². The van der Waals surface area contributed by atoms with Crippen LogP contribution in [0.1, 0.15) is 22.5 Å². The van der Waals surface area contributed by atoms with E-state index in [9.17, 15) is 9.90 Å². The maximum Gasteiger partial charge on any atom is 0.291 e. The van der Waals surface area contributed by atoms with Crippen LogP contribution < -0.4 is 10.1 Å². The molecule has 158 valence electrons. The maximum atomic E-state index is 13.0. The Morgan fingerprint density at radius 1 is 0.875 bits per heavy atom. The molecule has 2 aromatic heterocycles. The summed E-state index contributed by atoms with van der Waals surface area (Å²) >= 11 is 13.6. The number of hydrogen-bond donors (Lipinski definition) is 1. The summed E-state index contributed by atoms with van der Waals surface area (Å²) in [7, 11) is 0. The van der Waals surface area contributed by atoms with Crippen molar-refractivity contribution < 1.29 is 5.11 Å². The Hall–Kier alpha value is -3.03. The minimum atomic E-state index is -1.61. The molecule has 0 bridgehead atoms. The molecule has 5 nitrogen and oxygen atoms in total. The fraction of sp³-hybridized carbons (Fsp3) is 0.0417. The average molecular weight is 480 g/mol. The molecular weight excluding hydrogens is 465 g/mol. The number of benzene rings is 3. The smallest absolute Gasteiger partial charge is 0.291 e. The lowest BCUT2D eigenvalue weighted by atomic mass is 9.86. The second-order valence-electron chi connectivity index (χ2n) is 7.12. The largest absolute Gasteiger partial charge is 0.373 e. The van der Waals surface area contributed by atoms with E-state index in [1.54, 1.807) is 48.5 Å². The molecule has 0 radical (unpaired) electrons. The Morgan fingerprint density at radius 2 is 1.44 bits per heavy atom. The first kappa shape index (κ1) is 20.8. The third-order valence-electron chi connectivity index (χ3n) is 5.16. The molecule has 0 amide bonds. The van der Waals surface area contributed by atoms with Gasteiger partial charge in [-0.15, -0.1) is 5.10 Å². The number of hydrogen-bond acceptors (Lipinski definition) is 5. The van der Waals surface area contributed by atoms with Crippen LogP contribution in [0.25, 0.3) is 11.0 Å². The van der Waals surface area contributed by atoms with E-state index in [1.807, 2.05) is 36.4 Å². The summed E-state index contributed by atoms with van der Waals surface area (Å²) < 4.78 is 1.59. The number of aromatic nitrogens is 3. The highest BCUT2D eigenvalue weighted by atomic mass is 35.5. The fourth-order valence-corrected chi connectivity index (χ4v) is 4.95. The van der Waals surface area contributed by atoms with Gasteiger partial charge in [0.25, 0.3) is 5.56 Å². The lowest BCUT2D eigenvalue weighted by molar-refractivity contribution is 0.116. The molecule has 2 heterocycles. The predicted molar refractivity (Wildman–Crippen MR) is 127 cm³/mol. The van der Waals surface area contributed by atoms with Crippen LogP contribution in [0.3, 0.4) is 0 Å². The number of fused-ring (bicyclic) bond motifs is 1. The molecule has 0 saturated carbocycles. The van der Waals surface area contributed by atoms with Crippen molar-refractivity contribution in [2.45, 2.75) is 5.60 Å². The normalized spacial score (nSPS) is 12.5. The maximum absolute atomic E-state index is 13.0. The first-order valence-corrected chi connectivity index (χ1v) is 11.2. The first-order valence-electron chi connectivity index (χ1n) is 9.67. The highest BCUT2D eigenvalue weighted by Gasteiger charge is 2.38. The second-order valence-corrected chi connectivity index (χ2v) is 8.95. The zero-order valence-electron chi connectivity index (χ0n) is 16.4. The van der Waals surface area contributed by atoms with Crippen LogP contribution in [0.5, 0.6) is 0 Å². The molecular formula is C24H15Cl2N3O2S. The van der Waals surface area contributed by atoms with Crippen LogP contribution in [0, 0.1) is 0 Å². The van der Waals surface area contributed by atoms with E-state index in [2.05, 4.69) is 10.1 Å². The number of thiazole rings is 1. The molecule has 0 aliphatic carbocycles. The quantitative estimate of drug-likeness (QED) is 0.417. The highest BCUT2D eigenvalue weighted by molar-refractivity contribution is 7.15. The molecule has 0 fully saturated rings. The van der Waals surface area contributed by atoms with E-state index < -0.39 is 5.60 Å². The van der Waals surface area contributed by atoms with Gasteiger partial charge in [-0.3, -0.25) is 4.79 Å². The van der Waals surface area contributed by atoms with Gasteiger partial charge in [0.15, 0.2) is 11.4 Å². The van der Waals surface area contributed by atoms with Crippen molar-refractivity contribution in [2.24, 2.45) is 0 Å². The van der Waals surface area contributed by atoms with Crippen LogP contribution >= 0.6 is 34.5 Å². The van der Waals surface area contributed by atoms with Crippen molar-refractivity contribution in [3.63, 3.8) is 0 Å². The molecule has 0 unspecified atom stereocenters. The zero-order chi connectivity index (χ0) is 22.3. The van der Waals surface area contributed by atoms with Crippen LogP contribution in [0.4, 0.5) is 0 Å². The zero-order valence-corrected chi connectivity index (χ0v) is 18.8. The molecule has 5 rings (SSSR count). The Kier molecular flexibility index (Phi) is 5.31. The van der Waals surface area contributed by atoms with Crippen molar-refractivity contribution in [3.8, 4) is 0 Å². The van der Waals surface area contributed by atoms with E-state index in [0.717, 1.165) is 11.3 Å². The summed E-state index contributed by atoms with van der Waals surface area (Å²) in [6.07, 6.45) is 1.63. The highest BCUT2D eigenvalue weighted by Crippen LogP contribution is 2.34. The molecule has 8 heteroatoms. The Morgan fingerprint density at radius 3 is 1.97 bits per heavy atom. The van der Waals surface area contributed by atoms with Gasteiger partial charge in [0, 0.05) is 15.6 Å². The third kappa shape index (κ3) is 3.42. The minimum absolute atomic E-state index is 0.126. The predicted octanol–water partition coefficient (Wildman–Crippen LogP) is 4.29. The summed E-state index contributed by atoms with van der Waals surface area (Å²) in [5.74, 6) is 0.126. The summed E-state index contributed by atoms with van der Waals surface area (Å²) in [4.78, 5) is 17.9. The van der Waals surface area contributed by atoms with Crippen molar-refractivity contribution >= 4 is 45.6 Å². The third-order valence-corrected chi connectivity index (χ3v) is 6.78. The summed E-state index contributed by atoms with van der Waals surface area (Å²) in [6, 6.07) is 23.4. The average Bonchev–Trinajstić information content (AvgIpc) is 3.36.